The van der Waals surface area contributed by atoms with Gasteiger partial charge < -0.3 is 19.8 Å². The molecular weight excluding hydrogens is 246 g/mol. The molecule has 0 atom stereocenters. The lowest BCUT2D eigenvalue weighted by molar-refractivity contribution is 0.0264. The van der Waals surface area contributed by atoms with E-state index in [1.807, 2.05) is 0 Å². The summed E-state index contributed by atoms with van der Waals surface area (Å²) in [6.45, 7) is 0.590. The molecule has 0 heterocycles. The molecule has 2 rings (SSSR count). The minimum atomic E-state index is -0.238. The lowest BCUT2D eigenvalue weighted by Gasteiger charge is -2.34. The number of hydrogen-bond acceptors (Lipinski definition) is 4. The van der Waals surface area contributed by atoms with Gasteiger partial charge in [0.25, 0.3) is 5.91 Å². The maximum atomic E-state index is 12.2. The Hall–Kier alpha value is -1.75. The molecule has 1 amide bonds. The number of nitrogens with zero attached hydrogens (tertiary/aromatic N) is 1. The maximum Gasteiger partial charge on any atom is 0.257 e. The highest BCUT2D eigenvalue weighted by molar-refractivity contribution is 5.97. The number of benzene rings is 1. The number of hydrogen-bond donors (Lipinski definition) is 2. The highest BCUT2D eigenvalue weighted by Crippen LogP contribution is 2.29. The molecule has 1 aromatic carbocycles. The molecule has 1 aromatic rings. The summed E-state index contributed by atoms with van der Waals surface area (Å²) < 4.78 is 5.05. The number of ether oxygens (including phenoxy) is 1. The van der Waals surface area contributed by atoms with Gasteiger partial charge in [0.05, 0.1) is 18.8 Å². The van der Waals surface area contributed by atoms with E-state index in [-0.39, 0.29) is 23.3 Å². The fraction of sp³-hybridized carbons (Fsp3) is 0.500. The minimum Gasteiger partial charge on any atom is -0.507 e. The molecule has 0 radical (unpaired) electrons. The normalized spacial score (nSPS) is 21.6. The van der Waals surface area contributed by atoms with Gasteiger partial charge in [-0.3, -0.25) is 4.79 Å². The van der Waals surface area contributed by atoms with Gasteiger partial charge in [-0.2, -0.15) is 0 Å². The van der Waals surface area contributed by atoms with Crippen LogP contribution in [0.3, 0.4) is 0 Å². The van der Waals surface area contributed by atoms with Crippen molar-refractivity contribution in [3.05, 3.63) is 23.8 Å². The Morgan fingerprint density at radius 1 is 1.47 bits per heavy atom. The Bertz CT molecular complexity index is 469. The molecule has 0 saturated heterocycles. The molecule has 0 bridgehead atoms. The summed E-state index contributed by atoms with van der Waals surface area (Å²) >= 11 is 0. The smallest absolute Gasteiger partial charge is 0.257 e. The van der Waals surface area contributed by atoms with Crippen molar-refractivity contribution in [1.82, 2.24) is 4.90 Å². The number of aliphatic hydroxyl groups is 1. The molecule has 0 unspecified atom stereocenters. The van der Waals surface area contributed by atoms with Crippen LogP contribution >= 0.6 is 0 Å². The van der Waals surface area contributed by atoms with E-state index < -0.39 is 0 Å². The molecule has 0 spiro atoms. The fourth-order valence-electron chi connectivity index (χ4n) is 2.34. The molecule has 0 aromatic heterocycles. The van der Waals surface area contributed by atoms with E-state index in [0.29, 0.717) is 18.2 Å². The van der Waals surface area contributed by atoms with Crippen LogP contribution < -0.4 is 4.74 Å². The minimum absolute atomic E-state index is 0.0497. The highest BCUT2D eigenvalue weighted by Gasteiger charge is 2.29. The number of methoxy groups -OCH3 is 1. The van der Waals surface area contributed by atoms with Gasteiger partial charge in [-0.15, -0.1) is 0 Å². The van der Waals surface area contributed by atoms with Crippen LogP contribution in [0.1, 0.15) is 23.2 Å². The molecule has 1 aliphatic carbocycles. The number of phenolic OH excluding ortho intramolecular Hbond substituents is 1. The molecule has 104 valence electrons. The van der Waals surface area contributed by atoms with Gasteiger partial charge in [0.15, 0.2) is 0 Å². The van der Waals surface area contributed by atoms with Crippen molar-refractivity contribution in [2.24, 2.45) is 5.92 Å². The monoisotopic (exact) mass is 265 g/mol. The molecule has 1 fully saturated rings. The zero-order chi connectivity index (χ0) is 14.0. The predicted octanol–water partition coefficient (Wildman–Crippen LogP) is 1.24. The molecule has 19 heavy (non-hydrogen) atoms. The number of carbonyl (C=O) groups excluding carboxylic acids is 1. The Morgan fingerprint density at radius 3 is 2.74 bits per heavy atom. The van der Waals surface area contributed by atoms with Crippen LogP contribution in [0.5, 0.6) is 11.5 Å². The SMILES string of the molecule is COc1ccc(O)c(C(=O)N(C)CC2CC(O)C2)c1. The first-order valence-corrected chi connectivity index (χ1v) is 6.31. The van der Waals surface area contributed by atoms with Crippen LogP contribution in [0.15, 0.2) is 18.2 Å². The second kappa shape index (κ2) is 5.48. The van der Waals surface area contributed by atoms with Gasteiger partial charge >= 0.3 is 0 Å². The third-order valence-corrected chi connectivity index (χ3v) is 3.52. The van der Waals surface area contributed by atoms with E-state index >= 15 is 0 Å². The first kappa shape index (κ1) is 13.7. The quantitative estimate of drug-likeness (QED) is 0.859. The van der Waals surface area contributed by atoms with Crippen LogP contribution in [0.4, 0.5) is 0 Å². The van der Waals surface area contributed by atoms with Crippen LogP contribution in [-0.2, 0) is 0 Å². The van der Waals surface area contributed by atoms with E-state index in [2.05, 4.69) is 0 Å². The number of rotatable bonds is 4. The molecule has 1 aliphatic rings. The number of carbonyl (C=O) groups is 1. The van der Waals surface area contributed by atoms with E-state index in [9.17, 15) is 15.0 Å². The maximum absolute atomic E-state index is 12.2. The number of aliphatic hydroxyl groups excluding tert-OH is 1. The van der Waals surface area contributed by atoms with E-state index in [1.54, 1.807) is 18.0 Å². The summed E-state index contributed by atoms with van der Waals surface area (Å²) in [7, 11) is 3.21. The first-order valence-electron chi connectivity index (χ1n) is 6.31. The Morgan fingerprint density at radius 2 is 2.16 bits per heavy atom. The van der Waals surface area contributed by atoms with Crippen LogP contribution in [-0.4, -0.2) is 47.8 Å². The van der Waals surface area contributed by atoms with Crippen molar-refractivity contribution >= 4 is 5.91 Å². The van der Waals surface area contributed by atoms with Gasteiger partial charge in [0.1, 0.15) is 11.5 Å². The van der Waals surface area contributed by atoms with Crippen molar-refractivity contribution in [1.29, 1.82) is 0 Å². The van der Waals surface area contributed by atoms with Gasteiger partial charge in [0, 0.05) is 13.6 Å². The van der Waals surface area contributed by atoms with E-state index in [4.69, 9.17) is 4.74 Å². The number of amides is 1. The standard InChI is InChI=1S/C14H19NO4/c1-15(8-9-5-10(16)6-9)14(18)12-7-11(19-2)3-4-13(12)17/h3-4,7,9-10,16-17H,5-6,8H2,1-2H3. The predicted molar refractivity (Wildman–Crippen MR) is 70.4 cm³/mol. The van der Waals surface area contributed by atoms with Crippen molar-refractivity contribution in [3.8, 4) is 11.5 Å². The highest BCUT2D eigenvalue weighted by atomic mass is 16.5. The molecule has 1 saturated carbocycles. The average molecular weight is 265 g/mol. The molecule has 5 heteroatoms. The van der Waals surface area contributed by atoms with E-state index in [1.165, 1.54) is 19.2 Å². The van der Waals surface area contributed by atoms with E-state index in [0.717, 1.165) is 12.8 Å². The summed E-state index contributed by atoms with van der Waals surface area (Å²) in [6.07, 6.45) is 1.25. The topological polar surface area (TPSA) is 70.0 Å². The third-order valence-electron chi connectivity index (χ3n) is 3.52. The number of phenols is 1. The zero-order valence-corrected chi connectivity index (χ0v) is 11.2. The van der Waals surface area contributed by atoms with Crippen molar-refractivity contribution in [2.75, 3.05) is 20.7 Å². The summed E-state index contributed by atoms with van der Waals surface area (Å²) in [4.78, 5) is 13.8. The molecule has 2 N–H and O–H groups in total. The summed E-state index contributed by atoms with van der Waals surface area (Å²) in [6, 6.07) is 4.59. The van der Waals surface area contributed by atoms with Crippen LogP contribution in [0.25, 0.3) is 0 Å². The Kier molecular flexibility index (Phi) is 3.95. The summed E-state index contributed by atoms with van der Waals surface area (Å²) in [5.74, 6) is 0.592. The molecular formula is C14H19NO4. The summed E-state index contributed by atoms with van der Waals surface area (Å²) in [5, 5.41) is 19.0. The van der Waals surface area contributed by atoms with Gasteiger partial charge in [0.2, 0.25) is 0 Å². The molecule has 0 aliphatic heterocycles. The van der Waals surface area contributed by atoms with Crippen molar-refractivity contribution in [2.45, 2.75) is 18.9 Å². The zero-order valence-electron chi connectivity index (χ0n) is 11.2. The lowest BCUT2D eigenvalue weighted by atomic mass is 9.82. The second-order valence-electron chi connectivity index (χ2n) is 5.06. The average Bonchev–Trinajstić information content (AvgIpc) is 2.36. The van der Waals surface area contributed by atoms with Crippen molar-refractivity contribution < 1.29 is 19.7 Å². The molecule has 5 nitrogen and oxygen atoms in total. The van der Waals surface area contributed by atoms with Gasteiger partial charge in [-0.1, -0.05) is 0 Å². The fourth-order valence-corrected chi connectivity index (χ4v) is 2.34. The van der Waals surface area contributed by atoms with Crippen LogP contribution in [0.2, 0.25) is 0 Å². The largest absolute Gasteiger partial charge is 0.507 e. The van der Waals surface area contributed by atoms with Gasteiger partial charge in [-0.25, -0.2) is 0 Å². The van der Waals surface area contributed by atoms with Gasteiger partial charge in [-0.05, 0) is 37.0 Å². The Labute approximate surface area is 112 Å². The third kappa shape index (κ3) is 2.98. The number of aromatic hydroxyl groups is 1. The summed E-state index contributed by atoms with van der Waals surface area (Å²) in [5.41, 5.74) is 0.238. The first-order chi connectivity index (χ1) is 9.01. The van der Waals surface area contributed by atoms with Crippen molar-refractivity contribution in [3.63, 3.8) is 0 Å². The second-order valence-corrected chi connectivity index (χ2v) is 5.06. The lowest BCUT2D eigenvalue weighted by Crippen LogP contribution is -2.39. The van der Waals surface area contributed by atoms with Crippen LogP contribution in [0, 0.1) is 5.92 Å². The Balaban J connectivity index is 2.05.